The molecule has 0 saturated heterocycles. The summed E-state index contributed by atoms with van der Waals surface area (Å²) in [6.45, 7) is 4.07. The van der Waals surface area contributed by atoms with Crippen molar-refractivity contribution in [3.63, 3.8) is 0 Å². The molecule has 0 spiro atoms. The third-order valence-corrected chi connectivity index (χ3v) is 4.02. The van der Waals surface area contributed by atoms with Crippen molar-refractivity contribution in [2.24, 2.45) is 0 Å². The summed E-state index contributed by atoms with van der Waals surface area (Å²) in [6.07, 6.45) is 0.903. The van der Waals surface area contributed by atoms with Crippen LogP contribution in [0.4, 0.5) is 0 Å². The lowest BCUT2D eigenvalue weighted by Crippen LogP contribution is -2.32. The first-order chi connectivity index (χ1) is 11.2. The Morgan fingerprint density at radius 2 is 1.78 bits per heavy atom. The molecule has 0 fully saturated rings. The Morgan fingerprint density at radius 1 is 1.09 bits per heavy atom. The van der Waals surface area contributed by atoms with E-state index < -0.39 is 0 Å². The van der Waals surface area contributed by atoms with Crippen molar-refractivity contribution in [3.05, 3.63) is 66.2 Å². The molecule has 0 radical (unpaired) electrons. The molecule has 0 unspecified atom stereocenters. The molecule has 3 rings (SSSR count). The average Bonchev–Trinajstić information content (AvgIpc) is 2.61. The summed E-state index contributed by atoms with van der Waals surface area (Å²) in [5.74, 6) is -0.0462. The molecule has 116 valence electrons. The standard InChI is InChI=1S/C20H20N2O/c1-3-14(2)21-20(23)17-13-19(15-9-5-4-6-10-15)22-18-12-8-7-11-16(17)18/h4-14H,3H2,1-2H3,(H,21,23)/t14-/m1/s1. The summed E-state index contributed by atoms with van der Waals surface area (Å²) in [7, 11) is 0. The van der Waals surface area contributed by atoms with Gasteiger partial charge in [-0.25, -0.2) is 4.98 Å². The first-order valence-corrected chi connectivity index (χ1v) is 7.95. The third kappa shape index (κ3) is 3.24. The van der Waals surface area contributed by atoms with Gasteiger partial charge in [-0.15, -0.1) is 0 Å². The Labute approximate surface area is 136 Å². The molecular weight excluding hydrogens is 284 g/mol. The first-order valence-electron chi connectivity index (χ1n) is 7.95. The zero-order valence-electron chi connectivity index (χ0n) is 13.4. The molecular formula is C20H20N2O. The van der Waals surface area contributed by atoms with Gasteiger partial charge in [-0.3, -0.25) is 4.79 Å². The molecule has 1 atom stereocenters. The van der Waals surface area contributed by atoms with Crippen molar-refractivity contribution in [1.29, 1.82) is 0 Å². The molecule has 1 amide bonds. The Balaban J connectivity index is 2.13. The summed E-state index contributed by atoms with van der Waals surface area (Å²) in [5, 5.41) is 3.93. The van der Waals surface area contributed by atoms with Gasteiger partial charge in [0.2, 0.25) is 0 Å². The largest absolute Gasteiger partial charge is 0.350 e. The summed E-state index contributed by atoms with van der Waals surface area (Å²) < 4.78 is 0. The van der Waals surface area contributed by atoms with Crippen molar-refractivity contribution < 1.29 is 4.79 Å². The van der Waals surface area contributed by atoms with Gasteiger partial charge >= 0.3 is 0 Å². The van der Waals surface area contributed by atoms with Crippen LogP contribution in [0, 0.1) is 0 Å². The molecule has 3 nitrogen and oxygen atoms in total. The lowest BCUT2D eigenvalue weighted by Gasteiger charge is -2.14. The van der Waals surface area contributed by atoms with Crippen LogP contribution in [-0.2, 0) is 0 Å². The number of carbonyl (C=O) groups is 1. The van der Waals surface area contributed by atoms with Gasteiger partial charge in [0.15, 0.2) is 0 Å². The number of para-hydroxylation sites is 1. The first kappa shape index (κ1) is 15.2. The van der Waals surface area contributed by atoms with Gasteiger partial charge in [-0.1, -0.05) is 55.5 Å². The minimum Gasteiger partial charge on any atom is -0.350 e. The summed E-state index contributed by atoms with van der Waals surface area (Å²) >= 11 is 0. The van der Waals surface area contributed by atoms with Crippen LogP contribution in [0.15, 0.2) is 60.7 Å². The molecule has 0 saturated carbocycles. The van der Waals surface area contributed by atoms with Crippen LogP contribution in [0.2, 0.25) is 0 Å². The number of amides is 1. The highest BCUT2D eigenvalue weighted by atomic mass is 16.1. The molecule has 0 aliphatic heterocycles. The van der Waals surface area contributed by atoms with E-state index in [-0.39, 0.29) is 11.9 Å². The topological polar surface area (TPSA) is 42.0 Å². The molecule has 3 heteroatoms. The number of fused-ring (bicyclic) bond motifs is 1. The molecule has 1 aromatic heterocycles. The molecule has 2 aromatic carbocycles. The van der Waals surface area contributed by atoms with E-state index in [4.69, 9.17) is 4.98 Å². The van der Waals surface area contributed by atoms with Crippen LogP contribution < -0.4 is 5.32 Å². The number of nitrogens with one attached hydrogen (secondary N) is 1. The maximum absolute atomic E-state index is 12.7. The number of hydrogen-bond donors (Lipinski definition) is 1. The van der Waals surface area contributed by atoms with E-state index in [1.54, 1.807) is 0 Å². The Kier molecular flexibility index (Phi) is 4.38. The quantitative estimate of drug-likeness (QED) is 0.774. The second kappa shape index (κ2) is 6.61. The van der Waals surface area contributed by atoms with Gasteiger partial charge in [0.05, 0.1) is 16.8 Å². The van der Waals surface area contributed by atoms with E-state index in [0.717, 1.165) is 28.6 Å². The van der Waals surface area contributed by atoms with Gasteiger partial charge < -0.3 is 5.32 Å². The molecule has 23 heavy (non-hydrogen) atoms. The maximum Gasteiger partial charge on any atom is 0.252 e. The fourth-order valence-electron chi connectivity index (χ4n) is 2.52. The zero-order valence-corrected chi connectivity index (χ0v) is 13.4. The number of hydrogen-bond acceptors (Lipinski definition) is 2. The summed E-state index contributed by atoms with van der Waals surface area (Å²) in [5.41, 5.74) is 3.34. The molecule has 1 N–H and O–H groups in total. The van der Waals surface area contributed by atoms with Gasteiger partial charge in [0.25, 0.3) is 5.91 Å². The van der Waals surface area contributed by atoms with E-state index in [2.05, 4.69) is 12.2 Å². The van der Waals surface area contributed by atoms with Crippen molar-refractivity contribution in [1.82, 2.24) is 10.3 Å². The van der Waals surface area contributed by atoms with Crippen LogP contribution >= 0.6 is 0 Å². The van der Waals surface area contributed by atoms with E-state index in [0.29, 0.717) is 5.56 Å². The predicted molar refractivity (Wildman–Crippen MR) is 94.4 cm³/mol. The summed E-state index contributed by atoms with van der Waals surface area (Å²) in [4.78, 5) is 17.4. The van der Waals surface area contributed by atoms with Gasteiger partial charge in [-0.05, 0) is 25.5 Å². The minimum absolute atomic E-state index is 0.0462. The molecule has 3 aromatic rings. The van der Waals surface area contributed by atoms with Crippen molar-refractivity contribution in [3.8, 4) is 11.3 Å². The Hall–Kier alpha value is -2.68. The number of benzene rings is 2. The highest BCUT2D eigenvalue weighted by Gasteiger charge is 2.15. The fraction of sp³-hybridized carbons (Fsp3) is 0.200. The van der Waals surface area contributed by atoms with Crippen LogP contribution in [0.1, 0.15) is 30.6 Å². The second-order valence-electron chi connectivity index (χ2n) is 5.72. The lowest BCUT2D eigenvalue weighted by atomic mass is 10.0. The van der Waals surface area contributed by atoms with Gasteiger partial charge in [0, 0.05) is 17.0 Å². The number of carbonyl (C=O) groups excluding carboxylic acids is 1. The van der Waals surface area contributed by atoms with E-state index >= 15 is 0 Å². The average molecular weight is 304 g/mol. The number of nitrogens with zero attached hydrogens (tertiary/aromatic N) is 1. The molecule has 1 heterocycles. The Bertz CT molecular complexity index is 827. The second-order valence-corrected chi connectivity index (χ2v) is 5.72. The molecule has 0 bridgehead atoms. The highest BCUT2D eigenvalue weighted by Crippen LogP contribution is 2.24. The smallest absolute Gasteiger partial charge is 0.252 e. The van der Waals surface area contributed by atoms with Crippen LogP contribution in [0.5, 0.6) is 0 Å². The predicted octanol–water partition coefficient (Wildman–Crippen LogP) is 4.43. The van der Waals surface area contributed by atoms with Crippen molar-refractivity contribution in [2.45, 2.75) is 26.3 Å². The number of pyridine rings is 1. The van der Waals surface area contributed by atoms with Crippen molar-refractivity contribution >= 4 is 16.8 Å². The maximum atomic E-state index is 12.7. The van der Waals surface area contributed by atoms with E-state index in [1.807, 2.05) is 67.6 Å². The SMILES string of the molecule is CC[C@@H](C)NC(=O)c1cc(-c2ccccc2)nc2ccccc12. The van der Waals surface area contributed by atoms with E-state index in [1.165, 1.54) is 0 Å². The van der Waals surface area contributed by atoms with Crippen LogP contribution in [-0.4, -0.2) is 16.9 Å². The number of rotatable bonds is 4. The van der Waals surface area contributed by atoms with Crippen LogP contribution in [0.3, 0.4) is 0 Å². The lowest BCUT2D eigenvalue weighted by molar-refractivity contribution is 0.0941. The van der Waals surface area contributed by atoms with Gasteiger partial charge in [0.1, 0.15) is 0 Å². The fourth-order valence-corrected chi connectivity index (χ4v) is 2.52. The van der Waals surface area contributed by atoms with Crippen molar-refractivity contribution in [2.75, 3.05) is 0 Å². The van der Waals surface area contributed by atoms with E-state index in [9.17, 15) is 4.79 Å². The summed E-state index contributed by atoms with van der Waals surface area (Å²) in [6, 6.07) is 19.7. The monoisotopic (exact) mass is 304 g/mol. The minimum atomic E-state index is -0.0462. The molecule has 0 aliphatic carbocycles. The third-order valence-electron chi connectivity index (χ3n) is 4.02. The zero-order chi connectivity index (χ0) is 16.2. The highest BCUT2D eigenvalue weighted by molar-refractivity contribution is 6.07. The molecule has 0 aliphatic rings. The Morgan fingerprint density at radius 3 is 2.52 bits per heavy atom. The number of aromatic nitrogens is 1. The van der Waals surface area contributed by atoms with Gasteiger partial charge in [-0.2, -0.15) is 0 Å². The van der Waals surface area contributed by atoms with Crippen LogP contribution in [0.25, 0.3) is 22.2 Å². The normalized spacial score (nSPS) is 12.1.